The molecule has 3 N–H and O–H groups in total. The van der Waals surface area contributed by atoms with Crippen LogP contribution in [0, 0.1) is 6.92 Å². The van der Waals surface area contributed by atoms with Crippen molar-refractivity contribution in [3.63, 3.8) is 0 Å². The monoisotopic (exact) mass is 320 g/mol. The molecule has 2 rings (SSSR count). The van der Waals surface area contributed by atoms with Crippen molar-refractivity contribution >= 4 is 15.7 Å². The Morgan fingerprint density at radius 3 is 2.32 bits per heavy atom. The summed E-state index contributed by atoms with van der Waals surface area (Å²) in [6.45, 7) is 3.10. The van der Waals surface area contributed by atoms with Crippen LogP contribution in [0.25, 0.3) is 0 Å². The summed E-state index contributed by atoms with van der Waals surface area (Å²) in [6, 6.07) is 12.9. The van der Waals surface area contributed by atoms with Crippen LogP contribution in [0.2, 0.25) is 0 Å². The molecule has 0 saturated heterocycles. The minimum absolute atomic E-state index is 0.107. The minimum Gasteiger partial charge on any atom is -0.381 e. The van der Waals surface area contributed by atoms with Crippen molar-refractivity contribution in [1.29, 1.82) is 0 Å². The first-order valence-electron chi connectivity index (χ1n) is 6.84. The van der Waals surface area contributed by atoms with Gasteiger partial charge in [0.05, 0.1) is 11.5 Å². The Labute approximate surface area is 131 Å². The fraction of sp³-hybridized carbons (Fsp3) is 0.250. The molecule has 5 nitrogen and oxygen atoms in total. The van der Waals surface area contributed by atoms with E-state index in [1.54, 1.807) is 19.2 Å². The number of hydrogen-bond acceptors (Lipinski definition) is 4. The molecule has 0 unspecified atom stereocenters. The molecule has 0 heterocycles. The molecule has 0 fully saturated rings. The summed E-state index contributed by atoms with van der Waals surface area (Å²) in [6.07, 6.45) is 0. The van der Waals surface area contributed by atoms with Crippen LogP contribution in [-0.2, 0) is 27.9 Å². The molecule has 0 spiro atoms. The summed E-state index contributed by atoms with van der Waals surface area (Å²) in [7, 11) is -2.03. The van der Waals surface area contributed by atoms with E-state index in [-0.39, 0.29) is 4.90 Å². The van der Waals surface area contributed by atoms with E-state index in [2.05, 4.69) is 5.32 Å². The smallest absolute Gasteiger partial charge is 0.238 e. The highest BCUT2D eigenvalue weighted by atomic mass is 32.2. The molecular weight excluding hydrogens is 300 g/mol. The molecule has 6 heteroatoms. The van der Waals surface area contributed by atoms with Crippen molar-refractivity contribution in [3.8, 4) is 0 Å². The number of nitrogens with one attached hydrogen (secondary N) is 1. The molecule has 2 aromatic rings. The second-order valence-corrected chi connectivity index (χ2v) is 6.69. The summed E-state index contributed by atoms with van der Waals surface area (Å²) in [5, 5.41) is 8.40. The van der Waals surface area contributed by atoms with Gasteiger partial charge in [0.2, 0.25) is 10.0 Å². The van der Waals surface area contributed by atoms with Crippen LogP contribution in [0.4, 0.5) is 5.69 Å². The van der Waals surface area contributed by atoms with E-state index in [1.807, 2.05) is 31.2 Å². The van der Waals surface area contributed by atoms with Crippen molar-refractivity contribution in [3.05, 3.63) is 59.2 Å². The number of nitrogens with two attached hydrogens (primary N) is 1. The zero-order valence-electron chi connectivity index (χ0n) is 12.7. The van der Waals surface area contributed by atoms with Crippen LogP contribution >= 0.6 is 0 Å². The van der Waals surface area contributed by atoms with Gasteiger partial charge in [-0.1, -0.05) is 30.3 Å². The average molecular weight is 320 g/mol. The molecule has 0 aliphatic heterocycles. The normalized spacial score (nSPS) is 11.4. The number of sulfonamides is 1. The highest BCUT2D eigenvalue weighted by molar-refractivity contribution is 7.89. The number of benzene rings is 2. The van der Waals surface area contributed by atoms with Gasteiger partial charge in [-0.25, -0.2) is 13.6 Å². The minimum atomic E-state index is -3.69. The van der Waals surface area contributed by atoms with Crippen LogP contribution in [0.5, 0.6) is 0 Å². The first-order valence-corrected chi connectivity index (χ1v) is 8.39. The summed E-state index contributed by atoms with van der Waals surface area (Å²) in [5.41, 5.74) is 3.93. The van der Waals surface area contributed by atoms with Crippen LogP contribution in [0.1, 0.15) is 16.7 Å². The third-order valence-electron chi connectivity index (χ3n) is 3.35. The third-order valence-corrected chi connectivity index (χ3v) is 4.27. The van der Waals surface area contributed by atoms with Gasteiger partial charge in [0.15, 0.2) is 0 Å². The standard InChI is InChI=1S/C16H20N2O3S/c1-12-3-8-15(22(17,19)20)9-16(12)18-10-13-4-6-14(7-5-13)11-21-2/h3-9,18H,10-11H2,1-2H3,(H2,17,19,20). The van der Waals surface area contributed by atoms with Gasteiger partial charge in [0.1, 0.15) is 0 Å². The number of anilines is 1. The van der Waals surface area contributed by atoms with Crippen molar-refractivity contribution in [2.75, 3.05) is 12.4 Å². The lowest BCUT2D eigenvalue weighted by Gasteiger charge is -2.11. The zero-order valence-corrected chi connectivity index (χ0v) is 13.5. The Morgan fingerprint density at radius 2 is 1.73 bits per heavy atom. The third kappa shape index (κ3) is 4.30. The van der Waals surface area contributed by atoms with Gasteiger partial charge in [0.25, 0.3) is 0 Å². The van der Waals surface area contributed by atoms with Crippen LogP contribution in [-0.4, -0.2) is 15.5 Å². The van der Waals surface area contributed by atoms with Gasteiger partial charge in [-0.15, -0.1) is 0 Å². The molecule has 0 bridgehead atoms. The number of primary sulfonamides is 1. The van der Waals surface area contributed by atoms with E-state index in [0.717, 1.165) is 22.4 Å². The topological polar surface area (TPSA) is 81.4 Å². The molecule has 118 valence electrons. The maximum atomic E-state index is 11.4. The van der Waals surface area contributed by atoms with E-state index in [0.29, 0.717) is 13.2 Å². The SMILES string of the molecule is COCc1ccc(CNc2cc(S(N)(=O)=O)ccc2C)cc1. The first kappa shape index (κ1) is 16.5. The molecule has 0 aromatic heterocycles. The van der Waals surface area contributed by atoms with Crippen LogP contribution < -0.4 is 10.5 Å². The summed E-state index contributed by atoms with van der Waals surface area (Å²) in [5.74, 6) is 0. The fourth-order valence-corrected chi connectivity index (χ4v) is 2.63. The van der Waals surface area contributed by atoms with Crippen LogP contribution in [0.15, 0.2) is 47.4 Å². The Hall–Kier alpha value is -1.89. The highest BCUT2D eigenvalue weighted by Crippen LogP contribution is 2.20. The van der Waals surface area contributed by atoms with Crippen molar-refractivity contribution in [1.82, 2.24) is 0 Å². The lowest BCUT2D eigenvalue weighted by molar-refractivity contribution is 0.185. The largest absolute Gasteiger partial charge is 0.381 e. The maximum absolute atomic E-state index is 11.4. The Balaban J connectivity index is 2.11. The van der Waals surface area contributed by atoms with Gasteiger partial charge in [-0.05, 0) is 35.7 Å². The van der Waals surface area contributed by atoms with Crippen molar-refractivity contribution in [2.24, 2.45) is 5.14 Å². The zero-order chi connectivity index (χ0) is 16.2. The molecule has 2 aromatic carbocycles. The Bertz CT molecular complexity index is 740. The second kappa shape index (κ2) is 6.91. The van der Waals surface area contributed by atoms with Gasteiger partial charge < -0.3 is 10.1 Å². The van der Waals surface area contributed by atoms with E-state index >= 15 is 0 Å². The molecule has 22 heavy (non-hydrogen) atoms. The van der Waals surface area contributed by atoms with Gasteiger partial charge >= 0.3 is 0 Å². The quantitative estimate of drug-likeness (QED) is 0.856. The molecule has 0 saturated carbocycles. The van der Waals surface area contributed by atoms with Crippen molar-refractivity contribution < 1.29 is 13.2 Å². The number of ether oxygens (including phenoxy) is 1. The van der Waals surface area contributed by atoms with Gasteiger partial charge in [0, 0.05) is 19.3 Å². The predicted octanol–water partition coefficient (Wildman–Crippen LogP) is 2.40. The van der Waals surface area contributed by atoms with E-state index < -0.39 is 10.0 Å². The van der Waals surface area contributed by atoms with E-state index in [1.165, 1.54) is 6.07 Å². The molecule has 0 atom stereocenters. The van der Waals surface area contributed by atoms with Gasteiger partial charge in [-0.2, -0.15) is 0 Å². The summed E-state index contributed by atoms with van der Waals surface area (Å²) in [4.78, 5) is 0.107. The molecule has 0 amide bonds. The summed E-state index contributed by atoms with van der Waals surface area (Å²) >= 11 is 0. The predicted molar refractivity (Wildman–Crippen MR) is 87.0 cm³/mol. The lowest BCUT2D eigenvalue weighted by Crippen LogP contribution is -2.13. The van der Waals surface area contributed by atoms with Crippen LogP contribution in [0.3, 0.4) is 0 Å². The first-order chi connectivity index (χ1) is 10.4. The highest BCUT2D eigenvalue weighted by Gasteiger charge is 2.09. The van der Waals surface area contributed by atoms with Gasteiger partial charge in [-0.3, -0.25) is 0 Å². The molecular formula is C16H20N2O3S. The number of methoxy groups -OCH3 is 1. The Morgan fingerprint density at radius 1 is 1.09 bits per heavy atom. The van der Waals surface area contributed by atoms with E-state index in [9.17, 15) is 8.42 Å². The maximum Gasteiger partial charge on any atom is 0.238 e. The summed E-state index contributed by atoms with van der Waals surface area (Å²) < 4.78 is 27.9. The number of hydrogen-bond donors (Lipinski definition) is 2. The number of aryl methyl sites for hydroxylation is 1. The number of rotatable bonds is 6. The molecule has 0 aliphatic carbocycles. The fourth-order valence-electron chi connectivity index (χ4n) is 2.09. The Kier molecular flexibility index (Phi) is 5.18. The van der Waals surface area contributed by atoms with E-state index in [4.69, 9.17) is 9.88 Å². The lowest BCUT2D eigenvalue weighted by atomic mass is 10.1. The van der Waals surface area contributed by atoms with Crippen molar-refractivity contribution in [2.45, 2.75) is 25.0 Å². The molecule has 0 radical (unpaired) electrons. The second-order valence-electron chi connectivity index (χ2n) is 5.12. The molecule has 0 aliphatic rings. The average Bonchev–Trinajstić information content (AvgIpc) is 2.47.